The second-order valence-corrected chi connectivity index (χ2v) is 4.90. The lowest BCUT2D eigenvalue weighted by Crippen LogP contribution is -2.25. The number of carbonyl (C=O) groups is 2. The summed E-state index contributed by atoms with van der Waals surface area (Å²) in [6, 6.07) is 5.44. The summed E-state index contributed by atoms with van der Waals surface area (Å²) in [7, 11) is -4.98. The number of rotatable bonds is 2. The van der Waals surface area contributed by atoms with Gasteiger partial charge in [-0.2, -0.15) is 8.42 Å². The van der Waals surface area contributed by atoms with Gasteiger partial charge in [0, 0.05) is 16.0 Å². The monoisotopic (exact) mass is 279 g/mol. The Morgan fingerprint density at radius 1 is 1.11 bits per heavy atom. The third-order valence-corrected chi connectivity index (χ3v) is 3.35. The van der Waals surface area contributed by atoms with Crippen molar-refractivity contribution >= 4 is 21.7 Å². The smallest absolute Gasteiger partial charge is 0.289 e. The minimum Gasteiger partial charge on any atom is -0.289 e. The fraction of sp³-hybridized carbons (Fsp3) is 0. The summed E-state index contributed by atoms with van der Waals surface area (Å²) in [6.07, 6.45) is 0. The van der Waals surface area contributed by atoms with Gasteiger partial charge in [0.05, 0.1) is 0 Å². The molecule has 0 unspecified atom stereocenters. The maximum Gasteiger partial charge on any atom is 0.299 e. The first-order valence-corrected chi connectivity index (χ1v) is 6.27. The lowest BCUT2D eigenvalue weighted by atomic mass is 9.93. The van der Waals surface area contributed by atoms with Crippen molar-refractivity contribution in [3.8, 4) is 0 Å². The number of allylic oxidation sites excluding steroid dienone is 2. The minimum absolute atomic E-state index is 0.0812. The van der Waals surface area contributed by atoms with Crippen LogP contribution < -0.4 is 0 Å². The Kier molecular flexibility index (Phi) is 2.95. The van der Waals surface area contributed by atoms with E-state index in [9.17, 15) is 18.0 Å². The molecule has 0 spiro atoms. The van der Waals surface area contributed by atoms with Gasteiger partial charge in [0.15, 0.2) is 10.7 Å². The average molecular weight is 279 g/mol. The van der Waals surface area contributed by atoms with E-state index in [-0.39, 0.29) is 11.1 Å². The normalized spacial score (nSPS) is 15.0. The summed E-state index contributed by atoms with van der Waals surface area (Å²) in [4.78, 5) is 25.0. The molecule has 1 aliphatic rings. The predicted octanol–water partition coefficient (Wildman–Crippen LogP) is 1.48. The summed E-state index contributed by atoms with van der Waals surface area (Å²) in [5.41, 5.74) is 7.17. The molecule has 0 aromatic heterocycles. The van der Waals surface area contributed by atoms with Crippen molar-refractivity contribution in [3.63, 3.8) is 0 Å². The zero-order chi connectivity index (χ0) is 14.2. The van der Waals surface area contributed by atoms with E-state index in [2.05, 4.69) is 10.0 Å². The van der Waals surface area contributed by atoms with Gasteiger partial charge in [0.2, 0.25) is 5.78 Å². The van der Waals surface area contributed by atoms with Gasteiger partial charge < -0.3 is 0 Å². The maximum absolute atomic E-state index is 12.0. The second kappa shape index (κ2) is 4.32. The van der Waals surface area contributed by atoms with Gasteiger partial charge in [0.1, 0.15) is 5.70 Å². The number of carbonyl (C=O) groups excluding carboxylic acids is 2. The van der Waals surface area contributed by atoms with Gasteiger partial charge in [-0.05, 0) is 5.53 Å². The highest BCUT2D eigenvalue weighted by atomic mass is 32.2. The van der Waals surface area contributed by atoms with Crippen LogP contribution in [-0.4, -0.2) is 24.5 Å². The molecule has 0 aliphatic heterocycles. The molecule has 0 saturated carbocycles. The molecule has 1 aromatic rings. The van der Waals surface area contributed by atoms with Crippen LogP contribution in [0.2, 0.25) is 0 Å². The highest BCUT2D eigenvalue weighted by Gasteiger charge is 2.37. The molecule has 96 valence electrons. The molecule has 0 amide bonds. The average Bonchev–Trinajstić information content (AvgIpc) is 2.34. The van der Waals surface area contributed by atoms with Crippen LogP contribution in [-0.2, 0) is 10.1 Å². The van der Waals surface area contributed by atoms with E-state index in [1.165, 1.54) is 24.3 Å². The third kappa shape index (κ3) is 2.02. The zero-order valence-corrected chi connectivity index (χ0v) is 9.96. The summed E-state index contributed by atoms with van der Waals surface area (Å²) in [5.74, 6) is -2.01. The van der Waals surface area contributed by atoms with Gasteiger partial charge in [-0.25, -0.2) is 0 Å². The van der Waals surface area contributed by atoms with E-state index in [1.54, 1.807) is 0 Å². The first-order chi connectivity index (χ1) is 8.88. The second-order valence-electron chi connectivity index (χ2n) is 3.55. The van der Waals surface area contributed by atoms with Crippen LogP contribution in [0.25, 0.3) is 10.4 Å². The predicted molar refractivity (Wildman–Crippen MR) is 62.8 cm³/mol. The van der Waals surface area contributed by atoms with Crippen LogP contribution in [0, 0.1) is 0 Å². The van der Waals surface area contributed by atoms with E-state index < -0.39 is 32.3 Å². The van der Waals surface area contributed by atoms with Crippen LogP contribution in [0.4, 0.5) is 0 Å². The van der Waals surface area contributed by atoms with E-state index in [0.717, 1.165) is 0 Å². The molecule has 0 fully saturated rings. The Morgan fingerprint density at radius 2 is 1.63 bits per heavy atom. The molecule has 0 heterocycles. The highest BCUT2D eigenvalue weighted by Crippen LogP contribution is 2.29. The third-order valence-electron chi connectivity index (χ3n) is 2.46. The van der Waals surface area contributed by atoms with Crippen molar-refractivity contribution < 1.29 is 22.6 Å². The van der Waals surface area contributed by atoms with Crippen LogP contribution in [0.15, 0.2) is 40.0 Å². The largest absolute Gasteiger partial charge is 0.299 e. The van der Waals surface area contributed by atoms with Crippen molar-refractivity contribution in [1.82, 2.24) is 0 Å². The Balaban J connectivity index is 2.88. The summed E-state index contributed by atoms with van der Waals surface area (Å²) in [5, 5.41) is 2.91. The molecule has 0 radical (unpaired) electrons. The van der Waals surface area contributed by atoms with Crippen molar-refractivity contribution in [2.24, 2.45) is 5.11 Å². The number of benzene rings is 1. The molecular weight excluding hydrogens is 274 g/mol. The summed E-state index contributed by atoms with van der Waals surface area (Å²) < 4.78 is 31.4. The molecule has 9 heteroatoms. The van der Waals surface area contributed by atoms with Crippen LogP contribution in [0.1, 0.15) is 20.7 Å². The van der Waals surface area contributed by atoms with E-state index in [4.69, 9.17) is 10.1 Å². The van der Waals surface area contributed by atoms with Crippen molar-refractivity contribution in [3.05, 3.63) is 56.4 Å². The van der Waals surface area contributed by atoms with Gasteiger partial charge in [-0.3, -0.25) is 14.1 Å². The SMILES string of the molecule is [N-]=[N+]=NC1=C(S(=O)(=O)O)C(=O)c2ccccc2C1=O. The van der Waals surface area contributed by atoms with E-state index in [0.29, 0.717) is 0 Å². The zero-order valence-electron chi connectivity index (χ0n) is 9.14. The highest BCUT2D eigenvalue weighted by molar-refractivity contribution is 7.91. The number of Topliss-reactive ketones (excluding diaryl/α,β-unsaturated/α-hetero) is 2. The quantitative estimate of drug-likeness (QED) is 0.378. The number of azide groups is 1. The molecule has 1 aromatic carbocycles. The van der Waals surface area contributed by atoms with Gasteiger partial charge in [-0.1, -0.05) is 29.4 Å². The maximum atomic E-state index is 12.0. The van der Waals surface area contributed by atoms with E-state index in [1.807, 2.05) is 0 Å². The number of fused-ring (bicyclic) bond motifs is 1. The minimum atomic E-state index is -4.98. The molecule has 2 rings (SSSR count). The number of nitrogens with zero attached hydrogens (tertiary/aromatic N) is 3. The molecule has 1 N–H and O–H groups in total. The molecule has 0 saturated heterocycles. The molecule has 8 nitrogen and oxygen atoms in total. The Morgan fingerprint density at radius 3 is 2.11 bits per heavy atom. The Hall–Kier alpha value is -2.48. The van der Waals surface area contributed by atoms with Gasteiger partial charge in [-0.15, -0.1) is 0 Å². The Bertz CT molecular complexity index is 787. The van der Waals surface area contributed by atoms with Crippen molar-refractivity contribution in [1.29, 1.82) is 0 Å². The summed E-state index contributed by atoms with van der Waals surface area (Å²) >= 11 is 0. The van der Waals surface area contributed by atoms with Crippen LogP contribution in [0.3, 0.4) is 0 Å². The molecular formula is C10H5N3O5S. The Labute approximate surface area is 106 Å². The lowest BCUT2D eigenvalue weighted by molar-refractivity contribution is 0.0978. The molecule has 1 aliphatic carbocycles. The first kappa shape index (κ1) is 13.0. The van der Waals surface area contributed by atoms with E-state index >= 15 is 0 Å². The van der Waals surface area contributed by atoms with Gasteiger partial charge >= 0.3 is 0 Å². The number of ketones is 2. The standard InChI is InChI=1S/C10H5N3O5S/c11-13-12-7-8(14)5-3-1-2-4-6(5)9(15)10(7)19(16,17)18/h1-4H,(H,16,17,18). The molecule has 0 bridgehead atoms. The fourth-order valence-electron chi connectivity index (χ4n) is 1.71. The van der Waals surface area contributed by atoms with Crippen LogP contribution >= 0.6 is 0 Å². The van der Waals surface area contributed by atoms with Crippen molar-refractivity contribution in [2.75, 3.05) is 0 Å². The number of hydrogen-bond acceptors (Lipinski definition) is 5. The fourth-order valence-corrected chi connectivity index (χ4v) is 2.44. The molecule has 19 heavy (non-hydrogen) atoms. The van der Waals surface area contributed by atoms with Crippen LogP contribution in [0.5, 0.6) is 0 Å². The summed E-state index contributed by atoms with van der Waals surface area (Å²) in [6.45, 7) is 0. The van der Waals surface area contributed by atoms with Crippen molar-refractivity contribution in [2.45, 2.75) is 0 Å². The number of hydrogen-bond donors (Lipinski definition) is 1. The molecule has 0 atom stereocenters. The topological polar surface area (TPSA) is 137 Å². The lowest BCUT2D eigenvalue weighted by Gasteiger charge is -2.16. The first-order valence-electron chi connectivity index (χ1n) is 4.83. The van der Waals surface area contributed by atoms with Gasteiger partial charge in [0.25, 0.3) is 10.1 Å².